The number of carbonyl (C=O) groups excluding carboxylic acids is 2. The van der Waals surface area contributed by atoms with Gasteiger partial charge in [-0.05, 0) is 25.1 Å². The number of methoxy groups -OCH3 is 1. The molecule has 1 atom stereocenters. The van der Waals surface area contributed by atoms with E-state index in [0.717, 1.165) is 0 Å². The predicted molar refractivity (Wildman–Crippen MR) is 70.9 cm³/mol. The Morgan fingerprint density at radius 2 is 2.20 bits per heavy atom. The van der Waals surface area contributed by atoms with Crippen LogP contribution in [0, 0.1) is 11.3 Å². The van der Waals surface area contributed by atoms with Gasteiger partial charge in [0.1, 0.15) is 0 Å². The lowest BCUT2D eigenvalue weighted by Gasteiger charge is -2.13. The van der Waals surface area contributed by atoms with Gasteiger partial charge in [0.05, 0.1) is 23.8 Å². The number of hydrogen-bond acceptors (Lipinski definition) is 5. The second-order valence-electron chi connectivity index (χ2n) is 4.02. The zero-order chi connectivity index (χ0) is 15.0. The third kappa shape index (κ3) is 4.71. The van der Waals surface area contributed by atoms with Gasteiger partial charge in [0.15, 0.2) is 6.10 Å². The van der Waals surface area contributed by atoms with E-state index < -0.39 is 18.0 Å². The molecular formula is C14H16N2O4. The third-order valence-electron chi connectivity index (χ3n) is 2.49. The number of benzene rings is 1. The average molecular weight is 276 g/mol. The molecule has 1 amide bonds. The van der Waals surface area contributed by atoms with Gasteiger partial charge in [-0.1, -0.05) is 6.07 Å². The van der Waals surface area contributed by atoms with Crippen molar-refractivity contribution < 1.29 is 19.1 Å². The van der Waals surface area contributed by atoms with E-state index in [1.807, 2.05) is 6.07 Å². The normalized spacial score (nSPS) is 11.2. The largest absolute Gasteiger partial charge is 0.449 e. The fraction of sp³-hybridized carbons (Fsp3) is 0.357. The van der Waals surface area contributed by atoms with Crippen molar-refractivity contribution in [2.24, 2.45) is 0 Å². The molecule has 0 unspecified atom stereocenters. The van der Waals surface area contributed by atoms with Crippen molar-refractivity contribution in [2.75, 3.05) is 20.3 Å². The lowest BCUT2D eigenvalue weighted by molar-refractivity contribution is -0.129. The maximum absolute atomic E-state index is 11.8. The molecular weight excluding hydrogens is 260 g/mol. The summed E-state index contributed by atoms with van der Waals surface area (Å²) in [6, 6.07) is 8.04. The van der Waals surface area contributed by atoms with Crippen LogP contribution in [0.3, 0.4) is 0 Å². The molecule has 1 aromatic rings. The van der Waals surface area contributed by atoms with Gasteiger partial charge >= 0.3 is 5.97 Å². The van der Waals surface area contributed by atoms with E-state index in [1.54, 1.807) is 12.1 Å². The van der Waals surface area contributed by atoms with Crippen LogP contribution >= 0.6 is 0 Å². The van der Waals surface area contributed by atoms with Crippen LogP contribution in [0.25, 0.3) is 0 Å². The molecule has 0 aromatic heterocycles. The van der Waals surface area contributed by atoms with Crippen molar-refractivity contribution in [3.8, 4) is 6.07 Å². The molecule has 0 bridgehead atoms. The maximum atomic E-state index is 11.8. The highest BCUT2D eigenvalue weighted by atomic mass is 16.5. The van der Waals surface area contributed by atoms with E-state index >= 15 is 0 Å². The van der Waals surface area contributed by atoms with Gasteiger partial charge in [0.25, 0.3) is 5.91 Å². The number of nitriles is 1. The number of hydrogen-bond donors (Lipinski definition) is 1. The summed E-state index contributed by atoms with van der Waals surface area (Å²) in [6.45, 7) is 2.21. The van der Waals surface area contributed by atoms with Gasteiger partial charge in [-0.15, -0.1) is 0 Å². The number of ether oxygens (including phenoxy) is 2. The molecule has 0 radical (unpaired) electrons. The van der Waals surface area contributed by atoms with E-state index in [0.29, 0.717) is 18.7 Å². The van der Waals surface area contributed by atoms with Crippen molar-refractivity contribution in [2.45, 2.75) is 13.0 Å². The minimum atomic E-state index is -0.912. The molecule has 6 heteroatoms. The Hall–Kier alpha value is -2.39. The molecule has 0 aliphatic rings. The minimum Gasteiger partial charge on any atom is -0.449 e. The molecule has 0 fully saturated rings. The summed E-state index contributed by atoms with van der Waals surface area (Å²) in [4.78, 5) is 23.4. The van der Waals surface area contributed by atoms with Crippen LogP contribution in [-0.4, -0.2) is 38.2 Å². The lowest BCUT2D eigenvalue weighted by atomic mass is 10.1. The summed E-state index contributed by atoms with van der Waals surface area (Å²) < 4.78 is 9.82. The van der Waals surface area contributed by atoms with Crippen molar-refractivity contribution in [3.05, 3.63) is 35.4 Å². The van der Waals surface area contributed by atoms with E-state index in [9.17, 15) is 9.59 Å². The number of nitrogens with one attached hydrogen (secondary N) is 1. The van der Waals surface area contributed by atoms with Crippen molar-refractivity contribution >= 4 is 11.9 Å². The molecule has 6 nitrogen and oxygen atoms in total. The van der Waals surface area contributed by atoms with Gasteiger partial charge in [-0.2, -0.15) is 5.26 Å². The molecule has 0 saturated heterocycles. The highest BCUT2D eigenvalue weighted by molar-refractivity contribution is 5.92. The molecule has 0 spiro atoms. The first-order chi connectivity index (χ1) is 9.58. The standard InChI is InChI=1S/C14H16N2O4/c1-10(13(17)16-6-7-19-2)20-14(18)12-5-3-4-11(8-12)9-15/h3-5,8,10H,6-7H2,1-2H3,(H,16,17)/t10-/m1/s1. The minimum absolute atomic E-state index is 0.237. The fourth-order valence-corrected chi connectivity index (χ4v) is 1.42. The molecule has 1 aromatic carbocycles. The first-order valence-corrected chi connectivity index (χ1v) is 6.06. The van der Waals surface area contributed by atoms with Crippen LogP contribution in [0.4, 0.5) is 0 Å². The summed E-state index contributed by atoms with van der Waals surface area (Å²) in [5.74, 6) is -1.04. The van der Waals surface area contributed by atoms with Crippen LogP contribution in [0.2, 0.25) is 0 Å². The Bertz CT molecular complexity index is 522. The van der Waals surface area contributed by atoms with E-state index in [-0.39, 0.29) is 5.56 Å². The third-order valence-corrected chi connectivity index (χ3v) is 2.49. The summed E-state index contributed by atoms with van der Waals surface area (Å²) in [7, 11) is 1.53. The van der Waals surface area contributed by atoms with E-state index in [4.69, 9.17) is 14.7 Å². The maximum Gasteiger partial charge on any atom is 0.338 e. The van der Waals surface area contributed by atoms with Crippen LogP contribution < -0.4 is 5.32 Å². The Morgan fingerprint density at radius 1 is 1.45 bits per heavy atom. The topological polar surface area (TPSA) is 88.4 Å². The molecule has 0 aliphatic carbocycles. The second-order valence-corrected chi connectivity index (χ2v) is 4.02. The van der Waals surface area contributed by atoms with Crippen molar-refractivity contribution in [1.29, 1.82) is 5.26 Å². The van der Waals surface area contributed by atoms with E-state index in [1.165, 1.54) is 26.2 Å². The predicted octanol–water partition coefficient (Wildman–Crippen LogP) is 0.866. The lowest BCUT2D eigenvalue weighted by Crippen LogP contribution is -2.37. The van der Waals surface area contributed by atoms with Gasteiger partial charge in [0.2, 0.25) is 0 Å². The quantitative estimate of drug-likeness (QED) is 0.615. The molecule has 0 heterocycles. The number of carbonyl (C=O) groups is 2. The van der Waals surface area contributed by atoms with Crippen LogP contribution in [-0.2, 0) is 14.3 Å². The van der Waals surface area contributed by atoms with Gasteiger partial charge in [0, 0.05) is 13.7 Å². The molecule has 1 rings (SSSR count). The first kappa shape index (κ1) is 15.7. The Kier molecular flexibility index (Phi) is 6.20. The van der Waals surface area contributed by atoms with E-state index in [2.05, 4.69) is 5.32 Å². The van der Waals surface area contributed by atoms with Crippen molar-refractivity contribution in [3.63, 3.8) is 0 Å². The molecule has 20 heavy (non-hydrogen) atoms. The Labute approximate surface area is 117 Å². The Morgan fingerprint density at radius 3 is 2.85 bits per heavy atom. The number of rotatable bonds is 6. The van der Waals surface area contributed by atoms with Crippen molar-refractivity contribution in [1.82, 2.24) is 5.32 Å². The number of nitrogens with zero attached hydrogens (tertiary/aromatic N) is 1. The molecule has 0 saturated carbocycles. The number of esters is 1. The first-order valence-electron chi connectivity index (χ1n) is 6.06. The zero-order valence-electron chi connectivity index (χ0n) is 11.4. The summed E-state index contributed by atoms with van der Waals surface area (Å²) >= 11 is 0. The monoisotopic (exact) mass is 276 g/mol. The average Bonchev–Trinajstić information content (AvgIpc) is 2.47. The highest BCUT2D eigenvalue weighted by Gasteiger charge is 2.18. The second kappa shape index (κ2) is 7.92. The SMILES string of the molecule is COCCNC(=O)[C@@H](C)OC(=O)c1cccc(C#N)c1. The number of amides is 1. The van der Waals surface area contributed by atoms with Crippen LogP contribution in [0.15, 0.2) is 24.3 Å². The summed E-state index contributed by atoms with van der Waals surface area (Å²) in [5, 5.41) is 11.3. The summed E-state index contributed by atoms with van der Waals surface area (Å²) in [5.41, 5.74) is 0.595. The molecule has 106 valence electrons. The van der Waals surface area contributed by atoms with Crippen LogP contribution in [0.5, 0.6) is 0 Å². The van der Waals surface area contributed by atoms with Gasteiger partial charge in [-0.25, -0.2) is 4.79 Å². The van der Waals surface area contributed by atoms with Gasteiger partial charge in [-0.3, -0.25) is 4.79 Å². The van der Waals surface area contributed by atoms with Crippen LogP contribution in [0.1, 0.15) is 22.8 Å². The Balaban J connectivity index is 2.56. The molecule has 1 N–H and O–H groups in total. The summed E-state index contributed by atoms with van der Waals surface area (Å²) in [6.07, 6.45) is -0.912. The zero-order valence-corrected chi connectivity index (χ0v) is 11.4. The highest BCUT2D eigenvalue weighted by Crippen LogP contribution is 2.07. The van der Waals surface area contributed by atoms with Gasteiger partial charge < -0.3 is 14.8 Å². The molecule has 0 aliphatic heterocycles. The smallest absolute Gasteiger partial charge is 0.338 e. The fourth-order valence-electron chi connectivity index (χ4n) is 1.42.